The molecule has 0 spiro atoms. The van der Waals surface area contributed by atoms with Crippen molar-refractivity contribution in [3.63, 3.8) is 0 Å². The molecule has 1 unspecified atom stereocenters. The van der Waals surface area contributed by atoms with E-state index in [1.165, 1.54) is 12.1 Å². The summed E-state index contributed by atoms with van der Waals surface area (Å²) in [7, 11) is 0. The number of anilines is 1. The Balaban J connectivity index is 1.50. The third-order valence-electron chi connectivity index (χ3n) is 5.18. The van der Waals surface area contributed by atoms with E-state index in [1.54, 1.807) is 24.4 Å². The van der Waals surface area contributed by atoms with E-state index in [4.69, 9.17) is 0 Å². The maximum absolute atomic E-state index is 12.8. The highest BCUT2D eigenvalue weighted by atomic mass is 19.4. The Morgan fingerprint density at radius 2 is 1.83 bits per heavy atom. The van der Waals surface area contributed by atoms with Gasteiger partial charge >= 0.3 is 12.1 Å². The third kappa shape index (κ3) is 4.27. The van der Waals surface area contributed by atoms with Crippen molar-refractivity contribution in [2.75, 3.05) is 5.32 Å². The van der Waals surface area contributed by atoms with Gasteiger partial charge in [0.1, 0.15) is 0 Å². The van der Waals surface area contributed by atoms with Crippen LogP contribution in [0.3, 0.4) is 0 Å². The summed E-state index contributed by atoms with van der Waals surface area (Å²) in [6, 6.07) is 11.7. The summed E-state index contributed by atoms with van der Waals surface area (Å²) in [5.41, 5.74) is 2.75. The molecule has 3 aromatic rings. The lowest BCUT2D eigenvalue weighted by Crippen LogP contribution is -2.28. The van der Waals surface area contributed by atoms with Crippen LogP contribution in [0.4, 0.5) is 19.1 Å². The van der Waals surface area contributed by atoms with E-state index in [-0.39, 0.29) is 11.6 Å². The van der Waals surface area contributed by atoms with Gasteiger partial charge < -0.3 is 10.4 Å². The Bertz CT molecular complexity index is 1080. The number of carboxylic acids is 1. The number of aromatic nitrogens is 2. The van der Waals surface area contributed by atoms with Gasteiger partial charge in [-0.25, -0.2) is 14.8 Å². The summed E-state index contributed by atoms with van der Waals surface area (Å²) >= 11 is 0. The van der Waals surface area contributed by atoms with E-state index < -0.39 is 17.7 Å². The smallest absolute Gasteiger partial charge is 0.416 e. The van der Waals surface area contributed by atoms with E-state index >= 15 is 0 Å². The standard InChI is InChI=1S/C22H18F3N3O2/c23-22(24,25)17-6-3-14(4-7-17)19-9-10-26-21(28-19)27-18-8-5-13-1-2-15(20(29)30)11-16(13)12-18/h1-4,6-7,9-11,18H,5,8,12H2,(H,29,30)(H,26,27,28). The number of fused-ring (bicyclic) bond motifs is 1. The van der Waals surface area contributed by atoms with Crippen molar-refractivity contribution >= 4 is 11.9 Å². The summed E-state index contributed by atoms with van der Waals surface area (Å²) in [5.74, 6) is -0.573. The number of aromatic carboxylic acids is 1. The van der Waals surface area contributed by atoms with Gasteiger partial charge in [-0.05, 0) is 60.7 Å². The average Bonchev–Trinajstić information content (AvgIpc) is 2.73. The molecule has 1 heterocycles. The molecule has 1 atom stereocenters. The molecule has 0 amide bonds. The van der Waals surface area contributed by atoms with Gasteiger partial charge in [-0.2, -0.15) is 13.2 Å². The van der Waals surface area contributed by atoms with Crippen molar-refractivity contribution in [1.29, 1.82) is 0 Å². The van der Waals surface area contributed by atoms with Crippen molar-refractivity contribution in [2.24, 2.45) is 0 Å². The number of nitrogens with one attached hydrogen (secondary N) is 1. The Labute approximate surface area is 170 Å². The molecule has 5 nitrogen and oxygen atoms in total. The number of halogens is 3. The molecular formula is C22H18F3N3O2. The lowest BCUT2D eigenvalue weighted by molar-refractivity contribution is -0.137. The monoisotopic (exact) mass is 413 g/mol. The summed E-state index contributed by atoms with van der Waals surface area (Å²) in [4.78, 5) is 19.9. The predicted octanol–water partition coefficient (Wildman–Crippen LogP) is 4.83. The van der Waals surface area contributed by atoms with Crippen molar-refractivity contribution < 1.29 is 23.1 Å². The molecule has 1 aromatic heterocycles. The van der Waals surface area contributed by atoms with Gasteiger partial charge in [0, 0.05) is 17.8 Å². The Morgan fingerprint density at radius 1 is 1.07 bits per heavy atom. The van der Waals surface area contributed by atoms with Crippen molar-refractivity contribution in [3.8, 4) is 11.3 Å². The van der Waals surface area contributed by atoms with Crippen molar-refractivity contribution in [2.45, 2.75) is 31.5 Å². The predicted molar refractivity (Wildman–Crippen MR) is 105 cm³/mol. The maximum Gasteiger partial charge on any atom is 0.416 e. The molecule has 8 heteroatoms. The summed E-state index contributed by atoms with van der Waals surface area (Å²) in [5, 5.41) is 12.5. The van der Waals surface area contributed by atoms with Crippen LogP contribution in [-0.4, -0.2) is 27.1 Å². The van der Waals surface area contributed by atoms with Crippen molar-refractivity contribution in [1.82, 2.24) is 9.97 Å². The first kappa shape index (κ1) is 19.9. The van der Waals surface area contributed by atoms with Gasteiger partial charge in [0.05, 0.1) is 16.8 Å². The lowest BCUT2D eigenvalue weighted by atomic mass is 9.87. The number of rotatable bonds is 4. The number of hydrogen-bond acceptors (Lipinski definition) is 4. The number of benzene rings is 2. The number of alkyl halides is 3. The fraction of sp³-hybridized carbons (Fsp3) is 0.227. The van der Waals surface area contributed by atoms with Crippen LogP contribution in [0.25, 0.3) is 11.3 Å². The largest absolute Gasteiger partial charge is 0.478 e. The third-order valence-corrected chi connectivity index (χ3v) is 5.18. The van der Waals surface area contributed by atoms with Crippen LogP contribution in [0.15, 0.2) is 54.7 Å². The molecule has 4 rings (SSSR count). The first-order valence-electron chi connectivity index (χ1n) is 9.42. The molecule has 0 saturated heterocycles. The van der Waals surface area contributed by atoms with E-state index in [0.29, 0.717) is 23.6 Å². The van der Waals surface area contributed by atoms with Crippen LogP contribution in [0, 0.1) is 0 Å². The number of carboxylic acid groups (broad SMARTS) is 1. The molecule has 1 aliphatic carbocycles. The average molecular weight is 413 g/mol. The quantitative estimate of drug-likeness (QED) is 0.641. The highest BCUT2D eigenvalue weighted by Crippen LogP contribution is 2.31. The summed E-state index contributed by atoms with van der Waals surface area (Å²) in [6.45, 7) is 0. The zero-order valence-electron chi connectivity index (χ0n) is 15.8. The van der Waals surface area contributed by atoms with Crippen LogP contribution < -0.4 is 5.32 Å². The van der Waals surface area contributed by atoms with Crippen LogP contribution in [0.1, 0.15) is 33.5 Å². The molecule has 2 N–H and O–H groups in total. The topological polar surface area (TPSA) is 75.1 Å². The highest BCUT2D eigenvalue weighted by Gasteiger charge is 2.30. The minimum absolute atomic E-state index is 0.0319. The van der Waals surface area contributed by atoms with Gasteiger partial charge in [0.15, 0.2) is 0 Å². The van der Waals surface area contributed by atoms with Crippen molar-refractivity contribution in [3.05, 3.63) is 77.0 Å². The van der Waals surface area contributed by atoms with E-state index in [0.717, 1.165) is 36.1 Å². The van der Waals surface area contributed by atoms with Gasteiger partial charge in [0.2, 0.25) is 5.95 Å². The molecule has 0 bridgehead atoms. The number of carbonyl (C=O) groups is 1. The fourth-order valence-electron chi connectivity index (χ4n) is 3.61. The van der Waals surface area contributed by atoms with Crippen LogP contribution >= 0.6 is 0 Å². The first-order valence-corrected chi connectivity index (χ1v) is 9.42. The first-order chi connectivity index (χ1) is 14.3. The second-order valence-electron chi connectivity index (χ2n) is 7.21. The SMILES string of the molecule is O=C(O)c1ccc2c(c1)CC(Nc1nccc(-c3ccc(C(F)(F)F)cc3)n1)CC2. The van der Waals surface area contributed by atoms with Gasteiger partial charge in [-0.3, -0.25) is 0 Å². The molecule has 0 radical (unpaired) electrons. The molecule has 30 heavy (non-hydrogen) atoms. The Kier molecular flexibility index (Phi) is 5.15. The molecule has 0 fully saturated rings. The molecule has 2 aromatic carbocycles. The number of hydrogen-bond donors (Lipinski definition) is 2. The Morgan fingerprint density at radius 3 is 2.53 bits per heavy atom. The Hall–Kier alpha value is -3.42. The van der Waals surface area contributed by atoms with E-state index in [1.807, 2.05) is 6.07 Å². The minimum Gasteiger partial charge on any atom is -0.478 e. The minimum atomic E-state index is -4.38. The fourth-order valence-corrected chi connectivity index (χ4v) is 3.61. The van der Waals surface area contributed by atoms with Gasteiger partial charge in [-0.1, -0.05) is 18.2 Å². The second kappa shape index (κ2) is 7.78. The molecule has 0 aliphatic heterocycles. The van der Waals surface area contributed by atoms with E-state index in [9.17, 15) is 23.1 Å². The number of aryl methyl sites for hydroxylation is 1. The van der Waals surface area contributed by atoms with Crippen LogP contribution in [0.5, 0.6) is 0 Å². The lowest BCUT2D eigenvalue weighted by Gasteiger charge is -2.26. The number of nitrogens with zero attached hydrogens (tertiary/aromatic N) is 2. The van der Waals surface area contributed by atoms with Gasteiger partial charge in [0.25, 0.3) is 0 Å². The molecule has 1 aliphatic rings. The normalized spacial score (nSPS) is 16.0. The zero-order chi connectivity index (χ0) is 21.3. The van der Waals surface area contributed by atoms with E-state index in [2.05, 4.69) is 15.3 Å². The zero-order valence-corrected chi connectivity index (χ0v) is 15.8. The van der Waals surface area contributed by atoms with Gasteiger partial charge in [-0.15, -0.1) is 0 Å². The molecular weight excluding hydrogens is 395 g/mol. The summed E-state index contributed by atoms with van der Waals surface area (Å²) in [6.07, 6.45) is -0.528. The molecule has 0 saturated carbocycles. The maximum atomic E-state index is 12.8. The highest BCUT2D eigenvalue weighted by molar-refractivity contribution is 5.88. The van der Waals surface area contributed by atoms with Crippen LogP contribution in [0.2, 0.25) is 0 Å². The summed E-state index contributed by atoms with van der Waals surface area (Å²) < 4.78 is 38.3. The van der Waals surface area contributed by atoms with Crippen LogP contribution in [-0.2, 0) is 19.0 Å². The molecule has 154 valence electrons. The second-order valence-corrected chi connectivity index (χ2v) is 7.21.